The van der Waals surface area contributed by atoms with Gasteiger partial charge in [-0.25, -0.2) is 12.8 Å². The number of hydrogen-bond acceptors (Lipinski definition) is 4. The van der Waals surface area contributed by atoms with Crippen LogP contribution < -0.4 is 5.32 Å². The smallest absolute Gasteiger partial charge is 0.243 e. The van der Waals surface area contributed by atoms with Gasteiger partial charge in [0.05, 0.1) is 4.90 Å². The summed E-state index contributed by atoms with van der Waals surface area (Å²) in [6, 6.07) is 14.0. The van der Waals surface area contributed by atoms with Gasteiger partial charge in [-0.3, -0.25) is 4.79 Å². The summed E-state index contributed by atoms with van der Waals surface area (Å²) < 4.78 is 40.0. The van der Waals surface area contributed by atoms with E-state index in [-0.39, 0.29) is 10.8 Å². The molecule has 150 valence electrons. The van der Waals surface area contributed by atoms with E-state index in [0.29, 0.717) is 25.9 Å². The third kappa shape index (κ3) is 5.12. The molecule has 0 aromatic heterocycles. The second-order valence-corrected chi connectivity index (χ2v) is 9.59. The van der Waals surface area contributed by atoms with Gasteiger partial charge in [-0.05, 0) is 61.4 Å². The van der Waals surface area contributed by atoms with E-state index in [4.69, 9.17) is 0 Å². The molecule has 2 aromatic rings. The number of nitrogens with one attached hydrogen (secondary N) is 1. The lowest BCUT2D eigenvalue weighted by Crippen LogP contribution is -2.46. The highest BCUT2D eigenvalue weighted by Crippen LogP contribution is 2.26. The zero-order chi connectivity index (χ0) is 20.0. The number of hydrogen-bond donors (Lipinski definition) is 1. The maximum absolute atomic E-state index is 13.1. The highest BCUT2D eigenvalue weighted by atomic mass is 32.2. The number of amides is 1. The number of sulfonamides is 1. The van der Waals surface area contributed by atoms with E-state index < -0.39 is 21.9 Å². The third-order valence-corrected chi connectivity index (χ3v) is 7.58. The molecule has 2 aromatic carbocycles. The Morgan fingerprint density at radius 1 is 1.14 bits per heavy atom. The summed E-state index contributed by atoms with van der Waals surface area (Å²) in [5.41, 5.74) is 0. The van der Waals surface area contributed by atoms with Crippen molar-refractivity contribution in [2.24, 2.45) is 0 Å². The zero-order valence-corrected chi connectivity index (χ0v) is 17.0. The number of halogens is 1. The number of carbonyl (C=O) groups is 1. The first-order valence-corrected chi connectivity index (χ1v) is 11.6. The summed E-state index contributed by atoms with van der Waals surface area (Å²) in [7, 11) is -3.82. The Balaban J connectivity index is 1.52. The van der Waals surface area contributed by atoms with E-state index in [1.54, 1.807) is 11.8 Å². The molecule has 0 unspecified atom stereocenters. The minimum atomic E-state index is -3.82. The molecule has 0 radical (unpaired) electrons. The molecule has 0 saturated carbocycles. The second kappa shape index (κ2) is 9.54. The summed E-state index contributed by atoms with van der Waals surface area (Å²) in [4.78, 5) is 13.7. The van der Waals surface area contributed by atoms with Gasteiger partial charge in [0.25, 0.3) is 0 Å². The maximum atomic E-state index is 13.1. The molecule has 0 bridgehead atoms. The van der Waals surface area contributed by atoms with E-state index in [1.165, 1.54) is 21.3 Å². The highest BCUT2D eigenvalue weighted by molar-refractivity contribution is 7.99. The number of rotatable bonds is 8. The largest absolute Gasteiger partial charge is 0.355 e. The Hall–Kier alpha value is -1.90. The van der Waals surface area contributed by atoms with E-state index >= 15 is 0 Å². The van der Waals surface area contributed by atoms with Crippen LogP contribution in [0.4, 0.5) is 4.39 Å². The number of thioether (sulfide) groups is 1. The quantitative estimate of drug-likeness (QED) is 0.524. The van der Waals surface area contributed by atoms with Crippen molar-refractivity contribution >= 4 is 27.7 Å². The summed E-state index contributed by atoms with van der Waals surface area (Å²) in [6.07, 6.45) is 1.91. The summed E-state index contributed by atoms with van der Waals surface area (Å²) in [5.74, 6) is 0.1000. The molecular weight excluding hydrogens is 399 g/mol. The van der Waals surface area contributed by atoms with Crippen LogP contribution in [0.3, 0.4) is 0 Å². The van der Waals surface area contributed by atoms with Crippen LogP contribution in [-0.4, -0.2) is 43.5 Å². The van der Waals surface area contributed by atoms with Crippen molar-refractivity contribution in [2.75, 3.05) is 18.8 Å². The molecule has 1 aliphatic heterocycles. The predicted molar refractivity (Wildman–Crippen MR) is 108 cm³/mol. The van der Waals surface area contributed by atoms with Gasteiger partial charge in [0.15, 0.2) is 0 Å². The van der Waals surface area contributed by atoms with Gasteiger partial charge in [0.2, 0.25) is 15.9 Å². The van der Waals surface area contributed by atoms with Gasteiger partial charge < -0.3 is 5.32 Å². The minimum Gasteiger partial charge on any atom is -0.355 e. The van der Waals surface area contributed by atoms with Crippen LogP contribution in [0.15, 0.2) is 64.4 Å². The molecule has 1 N–H and O–H groups in total. The molecule has 1 saturated heterocycles. The third-order valence-electron chi connectivity index (χ3n) is 4.56. The van der Waals surface area contributed by atoms with Crippen LogP contribution in [0.25, 0.3) is 0 Å². The fourth-order valence-corrected chi connectivity index (χ4v) is 5.67. The molecule has 1 atom stereocenters. The Morgan fingerprint density at radius 3 is 2.57 bits per heavy atom. The van der Waals surface area contributed by atoms with Crippen molar-refractivity contribution in [3.63, 3.8) is 0 Å². The molecule has 5 nitrogen and oxygen atoms in total. The molecule has 1 fully saturated rings. The Morgan fingerprint density at radius 2 is 1.86 bits per heavy atom. The summed E-state index contributed by atoms with van der Waals surface area (Å²) >= 11 is 1.72. The summed E-state index contributed by atoms with van der Waals surface area (Å²) in [5, 5.41) is 2.86. The van der Waals surface area contributed by atoms with Crippen molar-refractivity contribution in [3.8, 4) is 0 Å². The molecule has 1 heterocycles. The van der Waals surface area contributed by atoms with Crippen LogP contribution in [-0.2, 0) is 14.8 Å². The van der Waals surface area contributed by atoms with E-state index in [0.717, 1.165) is 24.3 Å². The number of nitrogens with zero attached hydrogens (tertiary/aromatic N) is 1. The first-order valence-electron chi connectivity index (χ1n) is 9.21. The van der Waals surface area contributed by atoms with Crippen molar-refractivity contribution in [3.05, 3.63) is 60.4 Å². The normalized spacial score (nSPS) is 17.5. The lowest BCUT2D eigenvalue weighted by molar-refractivity contribution is -0.124. The van der Waals surface area contributed by atoms with Gasteiger partial charge in [0.1, 0.15) is 11.9 Å². The monoisotopic (exact) mass is 422 g/mol. The van der Waals surface area contributed by atoms with Crippen LogP contribution in [0.2, 0.25) is 0 Å². The molecule has 8 heteroatoms. The molecule has 1 amide bonds. The van der Waals surface area contributed by atoms with E-state index in [1.807, 2.05) is 30.3 Å². The van der Waals surface area contributed by atoms with Crippen LogP contribution >= 0.6 is 11.8 Å². The average Bonchev–Trinajstić information content (AvgIpc) is 3.20. The number of carbonyl (C=O) groups excluding carboxylic acids is 1. The average molecular weight is 423 g/mol. The minimum absolute atomic E-state index is 0.00728. The fourth-order valence-electron chi connectivity index (χ4n) is 3.14. The SMILES string of the molecule is O=C(NCCCSc1ccccc1)[C@@H]1CCCN1S(=O)(=O)c1ccc(F)cc1. The Kier molecular flexibility index (Phi) is 7.09. The van der Waals surface area contributed by atoms with Gasteiger partial charge in [-0.15, -0.1) is 11.8 Å². The highest BCUT2D eigenvalue weighted by Gasteiger charge is 2.39. The second-order valence-electron chi connectivity index (χ2n) is 6.53. The van der Waals surface area contributed by atoms with Crippen molar-refractivity contribution in [2.45, 2.75) is 35.1 Å². The van der Waals surface area contributed by atoms with Crippen molar-refractivity contribution < 1.29 is 17.6 Å². The van der Waals surface area contributed by atoms with E-state index in [9.17, 15) is 17.6 Å². The zero-order valence-electron chi connectivity index (χ0n) is 15.4. The van der Waals surface area contributed by atoms with Crippen LogP contribution in [0.1, 0.15) is 19.3 Å². The topological polar surface area (TPSA) is 66.5 Å². The first-order chi connectivity index (χ1) is 13.5. The lowest BCUT2D eigenvalue weighted by atomic mass is 10.2. The molecule has 0 aliphatic carbocycles. The van der Waals surface area contributed by atoms with Crippen LogP contribution in [0.5, 0.6) is 0 Å². The van der Waals surface area contributed by atoms with Crippen LogP contribution in [0, 0.1) is 5.82 Å². The van der Waals surface area contributed by atoms with Gasteiger partial charge in [0, 0.05) is 18.0 Å². The van der Waals surface area contributed by atoms with Crippen molar-refractivity contribution in [1.29, 1.82) is 0 Å². The van der Waals surface area contributed by atoms with Gasteiger partial charge in [-0.1, -0.05) is 18.2 Å². The van der Waals surface area contributed by atoms with Gasteiger partial charge >= 0.3 is 0 Å². The Labute approximate surface area is 169 Å². The molecule has 1 aliphatic rings. The fraction of sp³-hybridized carbons (Fsp3) is 0.350. The standard InChI is InChI=1S/C20H23FN2O3S2/c21-16-9-11-18(12-10-16)28(25,26)23-14-4-8-19(23)20(24)22-13-5-15-27-17-6-2-1-3-7-17/h1-3,6-7,9-12,19H,4-5,8,13-15H2,(H,22,24)/t19-/m0/s1. The van der Waals surface area contributed by atoms with E-state index in [2.05, 4.69) is 5.32 Å². The predicted octanol–water partition coefficient (Wildman–Crippen LogP) is 3.28. The first kappa shape index (κ1) is 20.8. The van der Waals surface area contributed by atoms with Crippen molar-refractivity contribution in [1.82, 2.24) is 9.62 Å². The lowest BCUT2D eigenvalue weighted by Gasteiger charge is -2.23. The molecule has 28 heavy (non-hydrogen) atoms. The summed E-state index contributed by atoms with van der Waals surface area (Å²) in [6.45, 7) is 0.793. The number of benzene rings is 2. The molecule has 3 rings (SSSR count). The van der Waals surface area contributed by atoms with Gasteiger partial charge in [-0.2, -0.15) is 4.31 Å². The molecular formula is C20H23FN2O3S2. The Bertz CT molecular complexity index is 889. The molecule has 0 spiro atoms. The maximum Gasteiger partial charge on any atom is 0.243 e.